The molecule has 22 heavy (non-hydrogen) atoms. The van der Waals surface area contributed by atoms with Gasteiger partial charge in [0, 0.05) is 32.1 Å². The van der Waals surface area contributed by atoms with Crippen LogP contribution in [0.25, 0.3) is 0 Å². The summed E-state index contributed by atoms with van der Waals surface area (Å²) in [5, 5.41) is 18.7. The van der Waals surface area contributed by atoms with E-state index in [1.54, 1.807) is 11.9 Å². The first-order valence-corrected chi connectivity index (χ1v) is 6.85. The van der Waals surface area contributed by atoms with E-state index in [0.29, 0.717) is 18.5 Å². The van der Waals surface area contributed by atoms with Gasteiger partial charge in [-0.3, -0.25) is 0 Å². The number of likely N-dealkylation sites (tertiary alicyclic amines) is 1. The number of carbonyl (C=O) groups is 1. The maximum absolute atomic E-state index is 13.2. The molecule has 1 saturated heterocycles. The lowest BCUT2D eigenvalue weighted by atomic mass is 9.88. The molecular formula is C14H15F3N2O3. The molecule has 1 amide bonds. The van der Waals surface area contributed by atoms with Gasteiger partial charge in [-0.05, 0) is 24.1 Å². The van der Waals surface area contributed by atoms with Crippen molar-refractivity contribution in [2.75, 3.05) is 25.0 Å². The molecule has 5 nitrogen and oxygen atoms in total. The molecular weight excluding hydrogens is 301 g/mol. The molecule has 0 saturated carbocycles. The van der Waals surface area contributed by atoms with Gasteiger partial charge in [0.2, 0.25) is 0 Å². The highest BCUT2D eigenvalue weighted by molar-refractivity contribution is 5.71. The maximum atomic E-state index is 13.2. The standard InChI is InChI=1S/C14H15F3N2O3/c1-18-11-2-3-19(13(21)22)6-9(11)8-4-7(20)5-10(12(8)18)14(15,16)17/h4-5,9,11,20H,2-3,6H2,1H3,(H,21,22). The highest BCUT2D eigenvalue weighted by Crippen LogP contribution is 2.50. The molecule has 0 radical (unpaired) electrons. The largest absolute Gasteiger partial charge is 0.508 e. The van der Waals surface area contributed by atoms with Gasteiger partial charge in [-0.2, -0.15) is 13.2 Å². The third kappa shape index (κ3) is 2.13. The Bertz CT molecular complexity index is 632. The van der Waals surface area contributed by atoms with Gasteiger partial charge in [0.05, 0.1) is 11.3 Å². The SMILES string of the molecule is CN1c2c(cc(O)cc2C(F)(F)F)C2CN(C(=O)O)CCC21. The van der Waals surface area contributed by atoms with E-state index < -0.39 is 23.6 Å². The minimum Gasteiger partial charge on any atom is -0.508 e. The summed E-state index contributed by atoms with van der Waals surface area (Å²) in [6.45, 7) is 0.431. The maximum Gasteiger partial charge on any atom is 0.418 e. The lowest BCUT2D eigenvalue weighted by Gasteiger charge is -2.36. The summed E-state index contributed by atoms with van der Waals surface area (Å²) in [6.07, 6.45) is -5.19. The normalized spacial score (nSPS) is 24.2. The van der Waals surface area contributed by atoms with Gasteiger partial charge in [-0.1, -0.05) is 0 Å². The van der Waals surface area contributed by atoms with E-state index >= 15 is 0 Å². The number of phenolic OH excluding ortho intramolecular Hbond substituents is 1. The van der Waals surface area contributed by atoms with E-state index in [1.807, 2.05) is 0 Å². The van der Waals surface area contributed by atoms with Gasteiger partial charge in [0.15, 0.2) is 0 Å². The van der Waals surface area contributed by atoms with E-state index in [1.165, 1.54) is 11.0 Å². The van der Waals surface area contributed by atoms with Crippen molar-refractivity contribution < 1.29 is 28.2 Å². The molecule has 2 atom stereocenters. The van der Waals surface area contributed by atoms with Crippen LogP contribution in [0.5, 0.6) is 5.75 Å². The summed E-state index contributed by atoms with van der Waals surface area (Å²) in [5.41, 5.74) is -0.459. The smallest absolute Gasteiger partial charge is 0.418 e. The summed E-state index contributed by atoms with van der Waals surface area (Å²) in [4.78, 5) is 13.9. The van der Waals surface area contributed by atoms with Crippen LogP contribution in [0.15, 0.2) is 12.1 Å². The van der Waals surface area contributed by atoms with Crippen molar-refractivity contribution >= 4 is 11.8 Å². The van der Waals surface area contributed by atoms with Crippen molar-refractivity contribution in [3.63, 3.8) is 0 Å². The van der Waals surface area contributed by atoms with Gasteiger partial charge in [-0.25, -0.2) is 4.79 Å². The number of amides is 1. The highest BCUT2D eigenvalue weighted by atomic mass is 19.4. The third-order valence-electron chi connectivity index (χ3n) is 4.53. The Labute approximate surface area is 124 Å². The molecule has 3 rings (SSSR count). The van der Waals surface area contributed by atoms with Crippen molar-refractivity contribution in [3.05, 3.63) is 23.3 Å². The first kappa shape index (κ1) is 14.8. The van der Waals surface area contributed by atoms with Crippen molar-refractivity contribution in [2.24, 2.45) is 0 Å². The number of phenols is 1. The summed E-state index contributed by atoms with van der Waals surface area (Å²) in [7, 11) is 1.59. The Morgan fingerprint density at radius 1 is 1.36 bits per heavy atom. The number of hydrogen-bond acceptors (Lipinski definition) is 3. The molecule has 1 aromatic carbocycles. The van der Waals surface area contributed by atoms with Crippen molar-refractivity contribution in [1.82, 2.24) is 4.90 Å². The summed E-state index contributed by atoms with van der Waals surface area (Å²) in [5.74, 6) is -0.814. The van der Waals surface area contributed by atoms with Crippen LogP contribution in [-0.2, 0) is 6.18 Å². The number of carboxylic acid groups (broad SMARTS) is 1. The molecule has 120 valence electrons. The predicted octanol–water partition coefficient (Wildman–Crippen LogP) is 2.70. The molecule has 1 aromatic rings. The molecule has 0 bridgehead atoms. The van der Waals surface area contributed by atoms with Gasteiger partial charge < -0.3 is 20.0 Å². The van der Waals surface area contributed by atoms with Crippen LogP contribution in [0.2, 0.25) is 0 Å². The molecule has 2 aliphatic heterocycles. The van der Waals surface area contributed by atoms with Crippen LogP contribution in [0.1, 0.15) is 23.5 Å². The molecule has 2 N–H and O–H groups in total. The Balaban J connectivity index is 2.10. The number of nitrogens with zero attached hydrogens (tertiary/aromatic N) is 2. The molecule has 2 heterocycles. The second-order valence-corrected chi connectivity index (χ2v) is 5.73. The average molecular weight is 316 g/mol. The van der Waals surface area contributed by atoms with Gasteiger partial charge >= 0.3 is 12.3 Å². The number of fused-ring (bicyclic) bond motifs is 3. The Kier molecular flexibility index (Phi) is 3.15. The van der Waals surface area contributed by atoms with Gasteiger partial charge in [-0.15, -0.1) is 0 Å². The van der Waals surface area contributed by atoms with Crippen LogP contribution < -0.4 is 4.90 Å². The zero-order valence-electron chi connectivity index (χ0n) is 11.8. The number of halogens is 3. The molecule has 1 fully saturated rings. The molecule has 8 heteroatoms. The molecule has 0 aromatic heterocycles. The lowest BCUT2D eigenvalue weighted by Crippen LogP contribution is -2.46. The number of benzene rings is 1. The number of likely N-dealkylation sites (N-methyl/N-ethyl adjacent to an activating group) is 1. The minimum atomic E-state index is -4.57. The zero-order valence-corrected chi connectivity index (χ0v) is 11.8. The quantitative estimate of drug-likeness (QED) is 0.772. The summed E-state index contributed by atoms with van der Waals surface area (Å²) < 4.78 is 39.7. The van der Waals surface area contributed by atoms with E-state index in [2.05, 4.69) is 0 Å². The third-order valence-corrected chi connectivity index (χ3v) is 4.53. The highest BCUT2D eigenvalue weighted by Gasteiger charge is 2.46. The first-order valence-electron chi connectivity index (χ1n) is 6.85. The fraction of sp³-hybridized carbons (Fsp3) is 0.500. The number of anilines is 1. The van der Waals surface area contributed by atoms with Crippen molar-refractivity contribution in [1.29, 1.82) is 0 Å². The predicted molar refractivity (Wildman–Crippen MR) is 72.3 cm³/mol. The number of alkyl halides is 3. The van der Waals surface area contributed by atoms with Crippen LogP contribution in [0.4, 0.5) is 23.7 Å². The monoisotopic (exact) mass is 316 g/mol. The van der Waals surface area contributed by atoms with Crippen LogP contribution in [0.3, 0.4) is 0 Å². The summed E-state index contributed by atoms with van der Waals surface area (Å²) >= 11 is 0. The Morgan fingerprint density at radius 3 is 2.64 bits per heavy atom. The number of rotatable bonds is 0. The Morgan fingerprint density at radius 2 is 2.05 bits per heavy atom. The minimum absolute atomic E-state index is 0.0486. The number of piperidine rings is 1. The van der Waals surface area contributed by atoms with Crippen LogP contribution in [0, 0.1) is 0 Å². The summed E-state index contributed by atoms with van der Waals surface area (Å²) in [6, 6.07) is 1.85. The zero-order chi connectivity index (χ0) is 16.2. The lowest BCUT2D eigenvalue weighted by molar-refractivity contribution is -0.137. The first-order chi connectivity index (χ1) is 10.2. The van der Waals surface area contributed by atoms with E-state index in [4.69, 9.17) is 5.11 Å². The second kappa shape index (κ2) is 4.69. The second-order valence-electron chi connectivity index (χ2n) is 5.73. The average Bonchev–Trinajstić information content (AvgIpc) is 2.70. The van der Waals surface area contributed by atoms with Crippen molar-refractivity contribution in [3.8, 4) is 5.75 Å². The molecule has 0 aliphatic carbocycles. The Hall–Kier alpha value is -2.12. The van der Waals surface area contributed by atoms with E-state index in [-0.39, 0.29) is 24.2 Å². The number of aromatic hydroxyl groups is 1. The molecule has 2 unspecified atom stereocenters. The van der Waals surface area contributed by atoms with Gasteiger partial charge in [0.1, 0.15) is 5.75 Å². The van der Waals surface area contributed by atoms with Crippen LogP contribution in [-0.4, -0.2) is 47.4 Å². The topological polar surface area (TPSA) is 64.0 Å². The molecule has 0 spiro atoms. The fourth-order valence-electron chi connectivity index (χ4n) is 3.58. The van der Waals surface area contributed by atoms with Crippen molar-refractivity contribution in [2.45, 2.75) is 24.6 Å². The molecule has 2 aliphatic rings. The van der Waals surface area contributed by atoms with E-state index in [9.17, 15) is 23.1 Å². The fourth-order valence-corrected chi connectivity index (χ4v) is 3.58. The van der Waals surface area contributed by atoms with Crippen LogP contribution >= 0.6 is 0 Å². The van der Waals surface area contributed by atoms with Gasteiger partial charge in [0.25, 0.3) is 0 Å². The number of hydrogen-bond donors (Lipinski definition) is 2. The van der Waals surface area contributed by atoms with E-state index in [0.717, 1.165) is 6.07 Å².